The Labute approximate surface area is 123 Å². The van der Waals surface area contributed by atoms with Gasteiger partial charge >= 0.3 is 0 Å². The number of carbonyl (C=O) groups excluding carboxylic acids is 1. The molecule has 2 aliphatic rings. The van der Waals surface area contributed by atoms with E-state index in [-0.39, 0.29) is 17.9 Å². The zero-order chi connectivity index (χ0) is 14.7. The minimum absolute atomic E-state index is 0.0181. The molecule has 1 aromatic heterocycles. The lowest BCUT2D eigenvalue weighted by Crippen LogP contribution is -2.36. The first-order valence-electron chi connectivity index (χ1n) is 7.17. The summed E-state index contributed by atoms with van der Waals surface area (Å²) in [5, 5.41) is 7.80. The molecule has 2 atom stereocenters. The molecule has 7 nitrogen and oxygen atoms in total. The van der Waals surface area contributed by atoms with E-state index in [0.29, 0.717) is 31.5 Å². The van der Waals surface area contributed by atoms with E-state index in [1.807, 2.05) is 4.90 Å². The van der Waals surface area contributed by atoms with E-state index in [1.54, 1.807) is 12.1 Å². The molecule has 0 N–H and O–H groups in total. The highest BCUT2D eigenvalue weighted by Gasteiger charge is 2.33. The Bertz CT molecular complexity index is 487. The number of nitrogens with zero attached hydrogens (tertiary/aromatic N) is 3. The van der Waals surface area contributed by atoms with Crippen LogP contribution in [0.2, 0.25) is 0 Å². The van der Waals surface area contributed by atoms with Crippen LogP contribution in [0.3, 0.4) is 0 Å². The monoisotopic (exact) mass is 293 g/mol. The van der Waals surface area contributed by atoms with Crippen LogP contribution in [0.1, 0.15) is 12.8 Å². The third kappa shape index (κ3) is 3.24. The maximum Gasteiger partial charge on any atom is 0.233 e. The van der Waals surface area contributed by atoms with E-state index in [2.05, 4.69) is 10.2 Å². The molecule has 3 heterocycles. The van der Waals surface area contributed by atoms with Crippen LogP contribution in [0.5, 0.6) is 11.8 Å². The van der Waals surface area contributed by atoms with Crippen molar-refractivity contribution < 1.29 is 19.0 Å². The molecule has 3 rings (SSSR count). The summed E-state index contributed by atoms with van der Waals surface area (Å²) in [6, 6.07) is 3.43. The Kier molecular flexibility index (Phi) is 4.19. The predicted molar refractivity (Wildman–Crippen MR) is 73.1 cm³/mol. The topological polar surface area (TPSA) is 73.8 Å². The zero-order valence-corrected chi connectivity index (χ0v) is 12.0. The lowest BCUT2D eigenvalue weighted by Gasteiger charge is -2.19. The van der Waals surface area contributed by atoms with Gasteiger partial charge in [-0.25, -0.2) is 0 Å². The molecule has 0 saturated carbocycles. The normalized spacial score (nSPS) is 25.1. The lowest BCUT2D eigenvalue weighted by molar-refractivity contribution is -0.134. The Hall–Kier alpha value is -1.89. The quantitative estimate of drug-likeness (QED) is 0.805. The van der Waals surface area contributed by atoms with Gasteiger partial charge in [-0.3, -0.25) is 4.79 Å². The number of ether oxygens (including phenoxy) is 3. The molecule has 0 aromatic carbocycles. The van der Waals surface area contributed by atoms with Crippen LogP contribution >= 0.6 is 0 Å². The van der Waals surface area contributed by atoms with E-state index in [4.69, 9.17) is 14.2 Å². The molecule has 21 heavy (non-hydrogen) atoms. The summed E-state index contributed by atoms with van der Waals surface area (Å²) in [6.45, 7) is 2.56. The SMILES string of the molecule is COc1ccc(O[C@H]2CCN(C(=O)[C@H]3CCOC3)C2)nn1. The summed E-state index contributed by atoms with van der Waals surface area (Å²) in [6.07, 6.45) is 1.61. The van der Waals surface area contributed by atoms with Crippen LogP contribution < -0.4 is 9.47 Å². The average molecular weight is 293 g/mol. The largest absolute Gasteiger partial charge is 0.480 e. The van der Waals surface area contributed by atoms with Crippen LogP contribution in [0, 0.1) is 5.92 Å². The Balaban J connectivity index is 1.52. The van der Waals surface area contributed by atoms with Crippen molar-refractivity contribution in [3.8, 4) is 11.8 Å². The summed E-state index contributed by atoms with van der Waals surface area (Å²) < 4.78 is 16.0. The van der Waals surface area contributed by atoms with Crippen LogP contribution in [0.15, 0.2) is 12.1 Å². The summed E-state index contributed by atoms with van der Waals surface area (Å²) in [4.78, 5) is 14.1. The second-order valence-corrected chi connectivity index (χ2v) is 5.29. The highest BCUT2D eigenvalue weighted by molar-refractivity contribution is 5.79. The first kappa shape index (κ1) is 14.1. The maximum absolute atomic E-state index is 12.3. The highest BCUT2D eigenvalue weighted by Crippen LogP contribution is 2.21. The molecule has 0 bridgehead atoms. The molecular weight excluding hydrogens is 274 g/mol. The molecule has 2 fully saturated rings. The van der Waals surface area contributed by atoms with Crippen molar-refractivity contribution in [2.75, 3.05) is 33.4 Å². The van der Waals surface area contributed by atoms with Gasteiger partial charge in [0.05, 0.1) is 26.2 Å². The number of hydrogen-bond acceptors (Lipinski definition) is 6. The van der Waals surface area contributed by atoms with Crippen molar-refractivity contribution in [3.05, 3.63) is 12.1 Å². The van der Waals surface area contributed by atoms with Crippen LogP contribution in [0.4, 0.5) is 0 Å². The second-order valence-electron chi connectivity index (χ2n) is 5.29. The van der Waals surface area contributed by atoms with Crippen molar-refractivity contribution in [1.82, 2.24) is 15.1 Å². The van der Waals surface area contributed by atoms with Crippen LogP contribution in [-0.2, 0) is 9.53 Å². The van der Waals surface area contributed by atoms with E-state index < -0.39 is 0 Å². The number of rotatable bonds is 4. The maximum atomic E-state index is 12.3. The third-order valence-corrected chi connectivity index (χ3v) is 3.85. The van der Waals surface area contributed by atoms with Gasteiger partial charge in [-0.2, -0.15) is 0 Å². The van der Waals surface area contributed by atoms with E-state index in [9.17, 15) is 4.79 Å². The molecule has 2 aliphatic heterocycles. The molecule has 0 unspecified atom stereocenters. The molecule has 0 radical (unpaired) electrons. The minimum Gasteiger partial charge on any atom is -0.480 e. The average Bonchev–Trinajstić information content (AvgIpc) is 3.19. The number of hydrogen-bond donors (Lipinski definition) is 0. The smallest absolute Gasteiger partial charge is 0.233 e. The van der Waals surface area contributed by atoms with Gasteiger partial charge in [0.25, 0.3) is 0 Å². The summed E-state index contributed by atoms with van der Waals surface area (Å²) in [5.41, 5.74) is 0. The van der Waals surface area contributed by atoms with Crippen LogP contribution in [0.25, 0.3) is 0 Å². The van der Waals surface area contributed by atoms with Crippen molar-refractivity contribution in [2.45, 2.75) is 18.9 Å². The van der Waals surface area contributed by atoms with E-state index in [0.717, 1.165) is 19.4 Å². The fraction of sp³-hybridized carbons (Fsp3) is 0.643. The van der Waals surface area contributed by atoms with Gasteiger partial charge in [0.2, 0.25) is 17.7 Å². The number of methoxy groups -OCH3 is 1. The van der Waals surface area contributed by atoms with E-state index >= 15 is 0 Å². The van der Waals surface area contributed by atoms with E-state index in [1.165, 1.54) is 7.11 Å². The van der Waals surface area contributed by atoms with Crippen molar-refractivity contribution >= 4 is 5.91 Å². The zero-order valence-electron chi connectivity index (χ0n) is 12.0. The van der Waals surface area contributed by atoms with Crippen molar-refractivity contribution in [2.24, 2.45) is 5.92 Å². The predicted octanol–water partition coefficient (Wildman–Crippen LogP) is 0.501. The Morgan fingerprint density at radius 2 is 2.14 bits per heavy atom. The van der Waals surface area contributed by atoms with Gasteiger partial charge in [-0.05, 0) is 6.42 Å². The van der Waals surface area contributed by atoms with Gasteiger partial charge in [0, 0.05) is 31.7 Å². The molecule has 114 valence electrons. The van der Waals surface area contributed by atoms with Gasteiger partial charge in [-0.1, -0.05) is 0 Å². The molecule has 1 amide bonds. The van der Waals surface area contributed by atoms with Gasteiger partial charge in [0.1, 0.15) is 6.10 Å². The van der Waals surface area contributed by atoms with Gasteiger partial charge in [-0.15, -0.1) is 10.2 Å². The molecule has 2 saturated heterocycles. The molecule has 7 heteroatoms. The number of carbonyl (C=O) groups is 1. The Morgan fingerprint density at radius 3 is 2.81 bits per heavy atom. The molecule has 1 aromatic rings. The molecular formula is C14H19N3O4. The standard InChI is InChI=1S/C14H19N3O4/c1-19-12-2-3-13(16-15-12)21-11-4-6-17(8-11)14(18)10-5-7-20-9-10/h2-3,10-11H,4-9H2,1H3/t10-,11-/m0/s1. The summed E-state index contributed by atoms with van der Waals surface area (Å²) >= 11 is 0. The summed E-state index contributed by atoms with van der Waals surface area (Å²) in [7, 11) is 1.54. The first-order chi connectivity index (χ1) is 10.3. The Morgan fingerprint density at radius 1 is 1.33 bits per heavy atom. The fourth-order valence-corrected chi connectivity index (χ4v) is 2.66. The van der Waals surface area contributed by atoms with Crippen LogP contribution in [-0.4, -0.2) is 60.5 Å². The third-order valence-electron chi connectivity index (χ3n) is 3.85. The summed E-state index contributed by atoms with van der Waals surface area (Å²) in [5.74, 6) is 1.11. The second kappa shape index (κ2) is 6.26. The van der Waals surface area contributed by atoms with Crippen molar-refractivity contribution in [3.63, 3.8) is 0 Å². The number of likely N-dealkylation sites (tertiary alicyclic amines) is 1. The van der Waals surface area contributed by atoms with Gasteiger partial charge < -0.3 is 19.1 Å². The lowest BCUT2D eigenvalue weighted by atomic mass is 10.1. The molecule has 0 spiro atoms. The van der Waals surface area contributed by atoms with Gasteiger partial charge in [0.15, 0.2) is 0 Å². The minimum atomic E-state index is -0.0287. The number of amides is 1. The number of aromatic nitrogens is 2. The highest BCUT2D eigenvalue weighted by atomic mass is 16.5. The fourth-order valence-electron chi connectivity index (χ4n) is 2.66. The first-order valence-corrected chi connectivity index (χ1v) is 7.17. The molecule has 0 aliphatic carbocycles. The van der Waals surface area contributed by atoms with Crippen molar-refractivity contribution in [1.29, 1.82) is 0 Å².